The first-order chi connectivity index (χ1) is 10.2. The van der Waals surface area contributed by atoms with Crippen LogP contribution in [-0.2, 0) is 0 Å². The number of rotatable bonds is 2. The maximum Gasteiger partial charge on any atom is 0.258 e. The summed E-state index contributed by atoms with van der Waals surface area (Å²) in [5, 5.41) is 2.03. The molecule has 3 rings (SSSR count). The molecule has 0 spiro atoms. The number of anilines is 2. The molecule has 0 fully saturated rings. The highest BCUT2D eigenvalue weighted by molar-refractivity contribution is 6.13. The summed E-state index contributed by atoms with van der Waals surface area (Å²) in [6.07, 6.45) is 0. The van der Waals surface area contributed by atoms with Crippen molar-refractivity contribution in [3.8, 4) is 0 Å². The Kier molecular flexibility index (Phi) is 3.32. The minimum Gasteiger partial charge on any atom is -0.399 e. The molecule has 21 heavy (non-hydrogen) atoms. The Morgan fingerprint density at radius 2 is 1.57 bits per heavy atom. The van der Waals surface area contributed by atoms with E-state index < -0.39 is 0 Å². The van der Waals surface area contributed by atoms with E-state index in [0.717, 1.165) is 16.5 Å². The quantitative estimate of drug-likeness (QED) is 0.725. The Morgan fingerprint density at radius 1 is 0.905 bits per heavy atom. The van der Waals surface area contributed by atoms with Gasteiger partial charge in [-0.1, -0.05) is 36.4 Å². The number of nitrogens with zero attached hydrogens (tertiary/aromatic N) is 1. The molecule has 0 saturated heterocycles. The predicted octanol–water partition coefficient (Wildman–Crippen LogP) is 3.70. The van der Waals surface area contributed by atoms with E-state index >= 15 is 0 Å². The molecule has 0 heterocycles. The van der Waals surface area contributed by atoms with Crippen LogP contribution in [0.1, 0.15) is 10.4 Å². The molecule has 0 aromatic heterocycles. The summed E-state index contributed by atoms with van der Waals surface area (Å²) >= 11 is 0. The number of carbonyl (C=O) groups is 1. The molecule has 0 aliphatic heterocycles. The van der Waals surface area contributed by atoms with E-state index in [-0.39, 0.29) is 5.91 Å². The van der Waals surface area contributed by atoms with Gasteiger partial charge in [0.2, 0.25) is 0 Å². The van der Waals surface area contributed by atoms with Gasteiger partial charge in [-0.3, -0.25) is 4.79 Å². The monoisotopic (exact) mass is 276 g/mol. The fourth-order valence-corrected chi connectivity index (χ4v) is 2.41. The summed E-state index contributed by atoms with van der Waals surface area (Å²) in [6, 6.07) is 21.0. The third-order valence-electron chi connectivity index (χ3n) is 3.61. The third-order valence-corrected chi connectivity index (χ3v) is 3.61. The molecule has 3 heteroatoms. The highest BCUT2D eigenvalue weighted by Crippen LogP contribution is 2.22. The average Bonchev–Trinajstić information content (AvgIpc) is 2.53. The standard InChI is InChI=1S/C18H16N2O/c1-20(15-11-9-14(19)10-12-15)18(21)17-8-4-6-13-5-2-3-7-16(13)17/h2-12H,19H2,1H3. The Morgan fingerprint density at radius 3 is 2.33 bits per heavy atom. The highest BCUT2D eigenvalue weighted by atomic mass is 16.2. The van der Waals surface area contributed by atoms with Crippen LogP contribution in [0.4, 0.5) is 11.4 Å². The van der Waals surface area contributed by atoms with Crippen LogP contribution in [0.2, 0.25) is 0 Å². The van der Waals surface area contributed by atoms with E-state index in [1.165, 1.54) is 0 Å². The van der Waals surface area contributed by atoms with Crippen LogP contribution < -0.4 is 10.6 Å². The number of hydrogen-bond donors (Lipinski definition) is 1. The third kappa shape index (κ3) is 2.46. The molecule has 3 aromatic rings. The lowest BCUT2D eigenvalue weighted by Crippen LogP contribution is -2.26. The van der Waals surface area contributed by atoms with Crippen LogP contribution in [-0.4, -0.2) is 13.0 Å². The molecular weight excluding hydrogens is 260 g/mol. The second kappa shape index (κ2) is 5.29. The fraction of sp³-hybridized carbons (Fsp3) is 0.0556. The van der Waals surface area contributed by atoms with Crippen molar-refractivity contribution in [3.05, 3.63) is 72.3 Å². The molecule has 0 saturated carbocycles. The summed E-state index contributed by atoms with van der Waals surface area (Å²) in [7, 11) is 1.77. The molecule has 3 aromatic carbocycles. The van der Waals surface area contributed by atoms with Gasteiger partial charge in [-0.15, -0.1) is 0 Å². The summed E-state index contributed by atoms with van der Waals surface area (Å²) in [5.74, 6) is -0.0310. The minimum absolute atomic E-state index is 0.0310. The molecule has 1 amide bonds. The zero-order valence-corrected chi connectivity index (χ0v) is 11.8. The van der Waals surface area contributed by atoms with Crippen molar-refractivity contribution in [2.75, 3.05) is 17.7 Å². The van der Waals surface area contributed by atoms with E-state index in [9.17, 15) is 4.79 Å². The van der Waals surface area contributed by atoms with Gasteiger partial charge in [0.1, 0.15) is 0 Å². The number of fused-ring (bicyclic) bond motifs is 1. The molecule has 0 aliphatic carbocycles. The van der Waals surface area contributed by atoms with Crippen LogP contribution in [0.3, 0.4) is 0 Å². The van der Waals surface area contributed by atoms with E-state index in [0.29, 0.717) is 11.3 Å². The van der Waals surface area contributed by atoms with Crippen molar-refractivity contribution in [1.82, 2.24) is 0 Å². The largest absolute Gasteiger partial charge is 0.399 e. The summed E-state index contributed by atoms with van der Waals surface area (Å²) in [5.41, 5.74) is 7.89. The minimum atomic E-state index is -0.0310. The van der Waals surface area contributed by atoms with Crippen LogP contribution >= 0.6 is 0 Å². The molecule has 0 aliphatic rings. The van der Waals surface area contributed by atoms with Gasteiger partial charge < -0.3 is 10.6 Å². The SMILES string of the molecule is CN(C(=O)c1cccc2ccccc12)c1ccc(N)cc1. The number of nitrogens with two attached hydrogens (primary N) is 1. The van der Waals surface area contributed by atoms with Gasteiger partial charge in [0, 0.05) is 24.0 Å². The Hall–Kier alpha value is -2.81. The first-order valence-electron chi connectivity index (χ1n) is 6.78. The molecule has 3 nitrogen and oxygen atoms in total. The van der Waals surface area contributed by atoms with Crippen molar-refractivity contribution >= 4 is 28.1 Å². The smallest absolute Gasteiger partial charge is 0.258 e. The maximum atomic E-state index is 12.7. The van der Waals surface area contributed by atoms with Gasteiger partial charge in [0.25, 0.3) is 5.91 Å². The van der Waals surface area contributed by atoms with Crippen LogP contribution in [0.25, 0.3) is 10.8 Å². The lowest BCUT2D eigenvalue weighted by Gasteiger charge is -2.18. The molecule has 0 bridgehead atoms. The van der Waals surface area contributed by atoms with Crippen molar-refractivity contribution in [2.45, 2.75) is 0 Å². The van der Waals surface area contributed by atoms with Crippen molar-refractivity contribution < 1.29 is 4.79 Å². The molecule has 2 N–H and O–H groups in total. The van der Waals surface area contributed by atoms with Crippen LogP contribution in [0, 0.1) is 0 Å². The molecule has 0 unspecified atom stereocenters. The van der Waals surface area contributed by atoms with Crippen molar-refractivity contribution in [2.24, 2.45) is 0 Å². The maximum absolute atomic E-state index is 12.7. The van der Waals surface area contributed by atoms with E-state index in [2.05, 4.69) is 0 Å². The lowest BCUT2D eigenvalue weighted by atomic mass is 10.0. The molecule has 0 radical (unpaired) electrons. The predicted molar refractivity (Wildman–Crippen MR) is 87.5 cm³/mol. The van der Waals surface area contributed by atoms with Crippen molar-refractivity contribution in [3.63, 3.8) is 0 Å². The summed E-state index contributed by atoms with van der Waals surface area (Å²) in [6.45, 7) is 0. The Bertz CT molecular complexity index is 788. The zero-order chi connectivity index (χ0) is 14.8. The normalized spacial score (nSPS) is 10.5. The highest BCUT2D eigenvalue weighted by Gasteiger charge is 2.15. The fourth-order valence-electron chi connectivity index (χ4n) is 2.41. The topological polar surface area (TPSA) is 46.3 Å². The van der Waals surface area contributed by atoms with E-state index in [1.807, 2.05) is 54.6 Å². The second-order valence-electron chi connectivity index (χ2n) is 4.98. The van der Waals surface area contributed by atoms with E-state index in [1.54, 1.807) is 24.1 Å². The Balaban J connectivity index is 2.02. The van der Waals surface area contributed by atoms with Gasteiger partial charge in [0.05, 0.1) is 0 Å². The summed E-state index contributed by atoms with van der Waals surface area (Å²) in [4.78, 5) is 14.4. The Labute approximate surface area is 123 Å². The molecular formula is C18H16N2O. The molecule has 104 valence electrons. The van der Waals surface area contributed by atoms with Crippen LogP contribution in [0.15, 0.2) is 66.7 Å². The molecule has 0 atom stereocenters. The van der Waals surface area contributed by atoms with Gasteiger partial charge >= 0.3 is 0 Å². The van der Waals surface area contributed by atoms with Gasteiger partial charge in [-0.05, 0) is 41.1 Å². The van der Waals surface area contributed by atoms with Gasteiger partial charge in [-0.25, -0.2) is 0 Å². The van der Waals surface area contributed by atoms with Crippen molar-refractivity contribution in [1.29, 1.82) is 0 Å². The lowest BCUT2D eigenvalue weighted by molar-refractivity contribution is 0.0994. The summed E-state index contributed by atoms with van der Waals surface area (Å²) < 4.78 is 0. The van der Waals surface area contributed by atoms with Crippen LogP contribution in [0.5, 0.6) is 0 Å². The number of benzene rings is 3. The first kappa shape index (κ1) is 13.2. The van der Waals surface area contributed by atoms with E-state index in [4.69, 9.17) is 5.73 Å². The number of carbonyl (C=O) groups excluding carboxylic acids is 1. The number of hydrogen-bond acceptors (Lipinski definition) is 2. The van der Waals surface area contributed by atoms with Gasteiger partial charge in [0.15, 0.2) is 0 Å². The number of nitrogen functional groups attached to an aromatic ring is 1. The first-order valence-corrected chi connectivity index (χ1v) is 6.78. The number of amides is 1. The second-order valence-corrected chi connectivity index (χ2v) is 4.98. The average molecular weight is 276 g/mol. The van der Waals surface area contributed by atoms with Gasteiger partial charge in [-0.2, -0.15) is 0 Å². The zero-order valence-electron chi connectivity index (χ0n) is 11.8.